The first-order valence-electron chi connectivity index (χ1n) is 6.62. The highest BCUT2D eigenvalue weighted by Crippen LogP contribution is 2.27. The second kappa shape index (κ2) is 6.01. The highest BCUT2D eigenvalue weighted by Gasteiger charge is 2.15. The monoisotopic (exact) mass is 272 g/mol. The molecule has 1 N–H and O–H groups in total. The van der Waals surface area contributed by atoms with E-state index in [0.717, 1.165) is 33.8 Å². The van der Waals surface area contributed by atoms with Crippen molar-refractivity contribution < 1.29 is 9.84 Å². The fourth-order valence-electron chi connectivity index (χ4n) is 2.25. The van der Waals surface area contributed by atoms with Gasteiger partial charge in [0.2, 0.25) is 0 Å². The third-order valence-electron chi connectivity index (χ3n) is 3.46. The van der Waals surface area contributed by atoms with E-state index in [-0.39, 0.29) is 0 Å². The zero-order valence-corrected chi connectivity index (χ0v) is 12.3. The summed E-state index contributed by atoms with van der Waals surface area (Å²) in [4.78, 5) is 8.62. The lowest BCUT2D eigenvalue weighted by atomic mass is 10.0. The summed E-state index contributed by atoms with van der Waals surface area (Å²) in [5.74, 6) is 0.837. The standard InChI is InChI=1S/C16H20N2O2/c1-10-8-18-14(12(3)16(10)20-4)7-15(19)13-6-5-11(2)17-9-13/h5-6,8-9,15,19H,7H2,1-4H3. The number of aliphatic hydroxyl groups is 1. The molecule has 0 aliphatic heterocycles. The molecule has 4 heteroatoms. The van der Waals surface area contributed by atoms with Crippen LogP contribution in [0.4, 0.5) is 0 Å². The molecule has 2 heterocycles. The van der Waals surface area contributed by atoms with Gasteiger partial charge >= 0.3 is 0 Å². The first-order valence-corrected chi connectivity index (χ1v) is 6.62. The number of rotatable bonds is 4. The lowest BCUT2D eigenvalue weighted by molar-refractivity contribution is 0.176. The fourth-order valence-corrected chi connectivity index (χ4v) is 2.25. The summed E-state index contributed by atoms with van der Waals surface area (Å²) >= 11 is 0. The molecule has 0 bridgehead atoms. The molecule has 20 heavy (non-hydrogen) atoms. The number of nitrogens with zero attached hydrogens (tertiary/aromatic N) is 2. The summed E-state index contributed by atoms with van der Waals surface area (Å²) in [6.07, 6.45) is 3.33. The molecule has 0 spiro atoms. The van der Waals surface area contributed by atoms with Crippen LogP contribution in [0.1, 0.15) is 34.2 Å². The average Bonchev–Trinajstić information content (AvgIpc) is 2.43. The topological polar surface area (TPSA) is 55.2 Å². The second-order valence-corrected chi connectivity index (χ2v) is 5.00. The first-order chi connectivity index (χ1) is 9.52. The number of aliphatic hydroxyl groups excluding tert-OH is 1. The zero-order chi connectivity index (χ0) is 14.7. The number of aromatic nitrogens is 2. The minimum atomic E-state index is -0.610. The minimum Gasteiger partial charge on any atom is -0.496 e. The molecule has 2 rings (SSSR count). The third-order valence-corrected chi connectivity index (χ3v) is 3.46. The molecular formula is C16H20N2O2. The molecule has 0 radical (unpaired) electrons. The van der Waals surface area contributed by atoms with Crippen molar-refractivity contribution in [1.82, 2.24) is 9.97 Å². The van der Waals surface area contributed by atoms with Crippen molar-refractivity contribution in [1.29, 1.82) is 0 Å². The third kappa shape index (κ3) is 2.96. The van der Waals surface area contributed by atoms with E-state index in [1.165, 1.54) is 0 Å². The molecular weight excluding hydrogens is 252 g/mol. The lowest BCUT2D eigenvalue weighted by Crippen LogP contribution is -2.07. The van der Waals surface area contributed by atoms with Crippen molar-refractivity contribution in [3.63, 3.8) is 0 Å². The second-order valence-electron chi connectivity index (χ2n) is 5.00. The van der Waals surface area contributed by atoms with Gasteiger partial charge < -0.3 is 9.84 Å². The Morgan fingerprint density at radius 3 is 2.50 bits per heavy atom. The van der Waals surface area contributed by atoms with Crippen molar-refractivity contribution in [2.75, 3.05) is 7.11 Å². The zero-order valence-electron chi connectivity index (χ0n) is 12.3. The maximum Gasteiger partial charge on any atom is 0.128 e. The molecule has 1 unspecified atom stereocenters. The van der Waals surface area contributed by atoms with Crippen molar-refractivity contribution in [3.05, 3.63) is 52.6 Å². The van der Waals surface area contributed by atoms with Gasteiger partial charge in [0.1, 0.15) is 5.75 Å². The predicted octanol–water partition coefficient (Wildman–Crippen LogP) is 2.69. The predicted molar refractivity (Wildman–Crippen MR) is 77.9 cm³/mol. The average molecular weight is 272 g/mol. The van der Waals surface area contributed by atoms with Gasteiger partial charge in [-0.1, -0.05) is 6.07 Å². The van der Waals surface area contributed by atoms with E-state index < -0.39 is 6.10 Å². The summed E-state index contributed by atoms with van der Waals surface area (Å²) in [6, 6.07) is 3.79. The Bertz CT molecular complexity index is 594. The lowest BCUT2D eigenvalue weighted by Gasteiger charge is -2.15. The molecule has 106 valence electrons. The molecule has 2 aromatic rings. The Morgan fingerprint density at radius 1 is 1.15 bits per heavy atom. The van der Waals surface area contributed by atoms with Crippen LogP contribution < -0.4 is 4.74 Å². The quantitative estimate of drug-likeness (QED) is 0.929. The molecule has 0 aliphatic carbocycles. The number of hydrogen-bond acceptors (Lipinski definition) is 4. The van der Waals surface area contributed by atoms with E-state index in [1.807, 2.05) is 32.9 Å². The fraction of sp³-hybridized carbons (Fsp3) is 0.375. The van der Waals surface area contributed by atoms with Crippen molar-refractivity contribution in [2.45, 2.75) is 33.3 Å². The molecule has 1 atom stereocenters. The van der Waals surface area contributed by atoms with Crippen LogP contribution in [0.5, 0.6) is 5.75 Å². The molecule has 0 amide bonds. The Balaban J connectivity index is 2.23. The summed E-state index contributed by atoms with van der Waals surface area (Å²) in [5.41, 5.74) is 4.57. The summed E-state index contributed by atoms with van der Waals surface area (Å²) in [5, 5.41) is 10.3. The molecule has 0 saturated heterocycles. The van der Waals surface area contributed by atoms with Crippen LogP contribution in [0.25, 0.3) is 0 Å². The van der Waals surface area contributed by atoms with Gasteiger partial charge in [-0.05, 0) is 32.4 Å². The van der Waals surface area contributed by atoms with Gasteiger partial charge in [0, 0.05) is 41.3 Å². The number of hydrogen-bond donors (Lipinski definition) is 1. The largest absolute Gasteiger partial charge is 0.496 e. The van der Waals surface area contributed by atoms with Gasteiger partial charge in [0.25, 0.3) is 0 Å². The van der Waals surface area contributed by atoms with E-state index in [0.29, 0.717) is 6.42 Å². The van der Waals surface area contributed by atoms with Crippen molar-refractivity contribution in [2.24, 2.45) is 0 Å². The smallest absolute Gasteiger partial charge is 0.128 e. The van der Waals surface area contributed by atoms with Gasteiger partial charge in [-0.3, -0.25) is 9.97 Å². The van der Waals surface area contributed by atoms with E-state index >= 15 is 0 Å². The highest BCUT2D eigenvalue weighted by molar-refractivity contribution is 5.41. The van der Waals surface area contributed by atoms with Crippen LogP contribution in [0.15, 0.2) is 24.5 Å². The summed E-state index contributed by atoms with van der Waals surface area (Å²) < 4.78 is 5.39. The summed E-state index contributed by atoms with van der Waals surface area (Å²) in [7, 11) is 1.65. The van der Waals surface area contributed by atoms with E-state index in [2.05, 4.69) is 9.97 Å². The number of methoxy groups -OCH3 is 1. The Labute approximate surface area is 119 Å². The van der Waals surface area contributed by atoms with Gasteiger partial charge in [0.15, 0.2) is 0 Å². The van der Waals surface area contributed by atoms with Crippen LogP contribution in [-0.2, 0) is 6.42 Å². The first kappa shape index (κ1) is 14.5. The molecule has 0 aromatic carbocycles. The SMILES string of the molecule is COc1c(C)cnc(CC(O)c2ccc(C)nc2)c1C. The highest BCUT2D eigenvalue weighted by atomic mass is 16.5. The van der Waals surface area contributed by atoms with Crippen LogP contribution >= 0.6 is 0 Å². The maximum absolute atomic E-state index is 10.3. The van der Waals surface area contributed by atoms with Crippen LogP contribution in [0.3, 0.4) is 0 Å². The maximum atomic E-state index is 10.3. The number of ether oxygens (including phenoxy) is 1. The van der Waals surface area contributed by atoms with Crippen molar-refractivity contribution in [3.8, 4) is 5.75 Å². The summed E-state index contributed by atoms with van der Waals surface area (Å²) in [6.45, 7) is 5.85. The Kier molecular flexibility index (Phi) is 4.35. The van der Waals surface area contributed by atoms with Crippen molar-refractivity contribution >= 4 is 0 Å². The van der Waals surface area contributed by atoms with E-state index in [1.54, 1.807) is 19.5 Å². The van der Waals surface area contributed by atoms with Gasteiger partial charge in [0.05, 0.1) is 13.2 Å². The van der Waals surface area contributed by atoms with E-state index in [4.69, 9.17) is 4.74 Å². The molecule has 0 aliphatic rings. The van der Waals surface area contributed by atoms with Gasteiger partial charge in [-0.25, -0.2) is 0 Å². The molecule has 0 fully saturated rings. The Hall–Kier alpha value is -1.94. The van der Waals surface area contributed by atoms with Gasteiger partial charge in [-0.2, -0.15) is 0 Å². The van der Waals surface area contributed by atoms with E-state index in [9.17, 15) is 5.11 Å². The van der Waals surface area contributed by atoms with Crippen LogP contribution in [0, 0.1) is 20.8 Å². The molecule has 4 nitrogen and oxygen atoms in total. The molecule has 2 aromatic heterocycles. The van der Waals surface area contributed by atoms with Crippen LogP contribution in [0.2, 0.25) is 0 Å². The molecule has 0 saturated carbocycles. The number of aryl methyl sites for hydroxylation is 2. The number of pyridine rings is 2. The minimum absolute atomic E-state index is 0.452. The Morgan fingerprint density at radius 2 is 1.90 bits per heavy atom. The normalized spacial score (nSPS) is 12.2. The van der Waals surface area contributed by atoms with Crippen LogP contribution in [-0.4, -0.2) is 22.2 Å². The van der Waals surface area contributed by atoms with Gasteiger partial charge in [-0.15, -0.1) is 0 Å².